The maximum absolute atomic E-state index is 7.64. The fourth-order valence-electron chi connectivity index (χ4n) is 4.03. The number of aromatic nitrogens is 3. The molecule has 3 aliphatic rings. The van der Waals surface area contributed by atoms with Crippen molar-refractivity contribution in [2.24, 2.45) is 10.7 Å². The van der Waals surface area contributed by atoms with Crippen LogP contribution in [0.5, 0.6) is 5.88 Å². The average molecular weight is 395 g/mol. The van der Waals surface area contributed by atoms with Gasteiger partial charge in [-0.1, -0.05) is 0 Å². The maximum atomic E-state index is 7.64. The molecule has 0 spiro atoms. The Kier molecular flexibility index (Phi) is 4.09. The zero-order valence-electron chi connectivity index (χ0n) is 16.7. The molecule has 0 aromatic carbocycles. The summed E-state index contributed by atoms with van der Waals surface area (Å²) in [5, 5.41) is 11.6. The van der Waals surface area contributed by atoms with Gasteiger partial charge in [-0.25, -0.2) is 15.0 Å². The molecule has 9 nitrogen and oxygen atoms in total. The van der Waals surface area contributed by atoms with Gasteiger partial charge in [0.15, 0.2) is 5.82 Å². The van der Waals surface area contributed by atoms with E-state index in [1.165, 1.54) is 0 Å². The summed E-state index contributed by atoms with van der Waals surface area (Å²) >= 11 is 0. The Morgan fingerprint density at radius 2 is 2.31 bits per heavy atom. The van der Waals surface area contributed by atoms with Crippen molar-refractivity contribution < 1.29 is 9.47 Å². The zero-order chi connectivity index (χ0) is 20.2. The molecule has 1 atom stereocenters. The van der Waals surface area contributed by atoms with Crippen molar-refractivity contribution in [3.63, 3.8) is 0 Å². The third kappa shape index (κ3) is 3.05. The summed E-state index contributed by atoms with van der Waals surface area (Å²) in [6.07, 6.45) is 7.41. The number of nitrogens with two attached hydrogens (primary N) is 1. The Morgan fingerprint density at radius 3 is 3.00 bits per heavy atom. The summed E-state index contributed by atoms with van der Waals surface area (Å²) < 4.78 is 14.3. The molecular formula is C20H25N7O2. The minimum absolute atomic E-state index is 0.0244. The molecule has 9 heteroatoms. The van der Waals surface area contributed by atoms with Crippen molar-refractivity contribution in [2.75, 3.05) is 13.2 Å². The second-order valence-electron chi connectivity index (χ2n) is 8.22. The molecule has 5 rings (SSSR count). The van der Waals surface area contributed by atoms with Crippen molar-refractivity contribution >= 4 is 28.4 Å². The molecule has 0 radical (unpaired) electrons. The summed E-state index contributed by atoms with van der Waals surface area (Å²) in [7, 11) is 0. The summed E-state index contributed by atoms with van der Waals surface area (Å²) in [5.41, 5.74) is 8.07. The van der Waals surface area contributed by atoms with Crippen LogP contribution in [0.1, 0.15) is 45.1 Å². The number of hydrogen-bond donors (Lipinski definition) is 3. The molecule has 0 bridgehead atoms. The first-order valence-corrected chi connectivity index (χ1v) is 9.99. The predicted molar refractivity (Wildman–Crippen MR) is 110 cm³/mol. The minimum atomic E-state index is -0.0244. The van der Waals surface area contributed by atoms with E-state index < -0.39 is 0 Å². The maximum Gasteiger partial charge on any atom is 0.207 e. The molecule has 2 aromatic heterocycles. The van der Waals surface area contributed by atoms with Crippen molar-refractivity contribution in [2.45, 2.75) is 51.2 Å². The van der Waals surface area contributed by atoms with Crippen molar-refractivity contribution in [1.82, 2.24) is 19.9 Å². The molecule has 1 saturated carbocycles. The van der Waals surface area contributed by atoms with E-state index in [0.717, 1.165) is 54.8 Å². The van der Waals surface area contributed by atoms with Gasteiger partial charge >= 0.3 is 0 Å². The SMILES string of the molecule is CC(=N)/C=C(\N)NC1=Nc2ncnc3c2c1c(OC[C@H]1CCCO1)n3C1(C)CC1. The molecule has 29 heavy (non-hydrogen) atoms. The van der Waals surface area contributed by atoms with Crippen LogP contribution in [0.2, 0.25) is 0 Å². The van der Waals surface area contributed by atoms with E-state index >= 15 is 0 Å². The van der Waals surface area contributed by atoms with E-state index in [1.807, 2.05) is 0 Å². The van der Waals surface area contributed by atoms with Gasteiger partial charge in [-0.05, 0) is 45.6 Å². The fourth-order valence-corrected chi connectivity index (χ4v) is 4.03. The Morgan fingerprint density at radius 1 is 1.48 bits per heavy atom. The quantitative estimate of drug-likeness (QED) is 0.645. The van der Waals surface area contributed by atoms with Crippen LogP contribution in [0, 0.1) is 5.41 Å². The van der Waals surface area contributed by atoms with Crippen LogP contribution in [0.25, 0.3) is 11.0 Å². The largest absolute Gasteiger partial charge is 0.475 e. The minimum Gasteiger partial charge on any atom is -0.475 e. The van der Waals surface area contributed by atoms with Gasteiger partial charge in [-0.3, -0.25) is 4.57 Å². The molecule has 2 fully saturated rings. The van der Waals surface area contributed by atoms with E-state index in [-0.39, 0.29) is 11.6 Å². The Balaban J connectivity index is 1.60. The molecule has 0 amide bonds. The Hall–Kier alpha value is -2.94. The zero-order valence-corrected chi connectivity index (χ0v) is 16.7. The lowest BCUT2D eigenvalue weighted by Gasteiger charge is -2.20. The first-order chi connectivity index (χ1) is 14.0. The molecular weight excluding hydrogens is 370 g/mol. The van der Waals surface area contributed by atoms with Gasteiger partial charge in [0.1, 0.15) is 30.2 Å². The van der Waals surface area contributed by atoms with Crippen LogP contribution < -0.4 is 15.8 Å². The number of aliphatic imine (C=N–C) groups is 1. The van der Waals surface area contributed by atoms with Crippen LogP contribution >= 0.6 is 0 Å². The van der Waals surface area contributed by atoms with Gasteiger partial charge in [0.25, 0.3) is 0 Å². The molecule has 4 heterocycles. The van der Waals surface area contributed by atoms with E-state index in [9.17, 15) is 0 Å². The van der Waals surface area contributed by atoms with Crippen LogP contribution in [0.3, 0.4) is 0 Å². The second kappa shape index (κ2) is 6.55. The van der Waals surface area contributed by atoms with Gasteiger partial charge in [0, 0.05) is 17.9 Å². The normalized spacial score (nSPS) is 22.1. The van der Waals surface area contributed by atoms with Gasteiger partial charge < -0.3 is 25.9 Å². The molecule has 1 saturated heterocycles. The Bertz CT molecular complexity index is 1060. The number of nitrogens with zero attached hydrogens (tertiary/aromatic N) is 4. The third-order valence-electron chi connectivity index (χ3n) is 5.72. The van der Waals surface area contributed by atoms with Gasteiger partial charge in [-0.2, -0.15) is 0 Å². The standard InChI is InChI=1S/C20H25N7O2/c1-11(21)8-13(22)25-17-15-14-16(26-17)23-10-24-18(14)27(20(2)5-6-20)19(15)29-9-12-4-3-7-28-12/h8,10,12,21H,3-7,9,22H2,1-2H3,(H,23,24,25,26)/b13-8+,21-11?/t12-/m1/s1. The number of nitrogens with one attached hydrogen (secondary N) is 2. The fraction of sp³-hybridized carbons (Fsp3) is 0.500. The van der Waals surface area contributed by atoms with Crippen LogP contribution in [0.4, 0.5) is 5.82 Å². The lowest BCUT2D eigenvalue weighted by molar-refractivity contribution is 0.0642. The highest BCUT2D eigenvalue weighted by Crippen LogP contribution is 2.51. The van der Waals surface area contributed by atoms with E-state index in [2.05, 4.69) is 31.8 Å². The van der Waals surface area contributed by atoms with Crippen molar-refractivity contribution in [3.8, 4) is 5.88 Å². The van der Waals surface area contributed by atoms with Crippen LogP contribution in [-0.2, 0) is 10.3 Å². The average Bonchev–Trinajstić information content (AvgIpc) is 3.06. The topological polar surface area (TPSA) is 123 Å². The summed E-state index contributed by atoms with van der Waals surface area (Å²) in [5.74, 6) is 2.27. The Labute approximate surface area is 168 Å². The summed E-state index contributed by atoms with van der Waals surface area (Å²) in [4.78, 5) is 13.6. The highest BCUT2D eigenvalue weighted by molar-refractivity contribution is 6.20. The van der Waals surface area contributed by atoms with Crippen LogP contribution in [-0.4, -0.2) is 45.4 Å². The van der Waals surface area contributed by atoms with Gasteiger partial charge in [0.05, 0.1) is 17.1 Å². The number of amidine groups is 1. The lowest BCUT2D eigenvalue weighted by atomic mass is 10.2. The third-order valence-corrected chi connectivity index (χ3v) is 5.72. The number of ether oxygens (including phenoxy) is 2. The van der Waals surface area contributed by atoms with E-state index in [1.54, 1.807) is 19.3 Å². The first-order valence-electron chi connectivity index (χ1n) is 9.99. The van der Waals surface area contributed by atoms with E-state index in [0.29, 0.717) is 29.8 Å². The number of rotatable bonds is 6. The van der Waals surface area contributed by atoms with Gasteiger partial charge in [-0.15, -0.1) is 0 Å². The van der Waals surface area contributed by atoms with Crippen molar-refractivity contribution in [1.29, 1.82) is 5.41 Å². The summed E-state index contributed by atoms with van der Waals surface area (Å²) in [6.45, 7) is 5.16. The highest BCUT2D eigenvalue weighted by atomic mass is 16.5. The molecule has 152 valence electrons. The highest BCUT2D eigenvalue weighted by Gasteiger charge is 2.45. The molecule has 1 aliphatic carbocycles. The second-order valence-corrected chi connectivity index (χ2v) is 8.22. The molecule has 0 unspecified atom stereocenters. The molecule has 2 aromatic rings. The van der Waals surface area contributed by atoms with Gasteiger partial charge in [0.2, 0.25) is 5.88 Å². The summed E-state index contributed by atoms with van der Waals surface area (Å²) in [6, 6.07) is 0. The number of allylic oxidation sites excluding steroid dienone is 1. The monoisotopic (exact) mass is 395 g/mol. The molecule has 4 N–H and O–H groups in total. The molecule has 2 aliphatic heterocycles. The lowest BCUT2D eigenvalue weighted by Crippen LogP contribution is -2.29. The first kappa shape index (κ1) is 18.1. The van der Waals surface area contributed by atoms with Crippen molar-refractivity contribution in [3.05, 3.63) is 23.8 Å². The predicted octanol–water partition coefficient (Wildman–Crippen LogP) is 2.32. The van der Waals surface area contributed by atoms with Crippen LogP contribution in [0.15, 0.2) is 23.2 Å². The van der Waals surface area contributed by atoms with E-state index in [4.69, 9.17) is 20.6 Å². The number of hydrogen-bond acceptors (Lipinski definition) is 8. The smallest absolute Gasteiger partial charge is 0.207 e.